The van der Waals surface area contributed by atoms with Crippen LogP contribution in [-0.2, 0) is 16.1 Å². The van der Waals surface area contributed by atoms with E-state index < -0.39 is 30.6 Å². The van der Waals surface area contributed by atoms with E-state index in [-0.39, 0.29) is 24.7 Å². The van der Waals surface area contributed by atoms with Crippen molar-refractivity contribution in [2.45, 2.75) is 63.3 Å². The number of ether oxygens (including phenoxy) is 2. The molecular formula is C23H30O7. The highest BCUT2D eigenvalue weighted by molar-refractivity contribution is 5.66. The third-order valence-corrected chi connectivity index (χ3v) is 5.68. The van der Waals surface area contributed by atoms with Gasteiger partial charge in [-0.15, -0.1) is 0 Å². The molecule has 0 aromatic heterocycles. The highest BCUT2D eigenvalue weighted by atomic mass is 16.7. The summed E-state index contributed by atoms with van der Waals surface area (Å²) in [6.45, 7) is 0.353. The van der Waals surface area contributed by atoms with Crippen LogP contribution in [0.25, 0.3) is 0 Å². The van der Waals surface area contributed by atoms with Crippen molar-refractivity contribution in [3.63, 3.8) is 0 Å². The molecular weight excluding hydrogens is 388 g/mol. The van der Waals surface area contributed by atoms with Crippen molar-refractivity contribution in [2.75, 3.05) is 0 Å². The van der Waals surface area contributed by atoms with Gasteiger partial charge in [0, 0.05) is 24.3 Å². The molecule has 0 bridgehead atoms. The van der Waals surface area contributed by atoms with Crippen molar-refractivity contribution >= 4 is 5.97 Å². The maximum atomic E-state index is 10.5. The molecule has 1 aromatic carbocycles. The molecule has 3 rings (SSSR count). The Morgan fingerprint density at radius 1 is 1.20 bits per heavy atom. The van der Waals surface area contributed by atoms with Gasteiger partial charge in [0.25, 0.3) is 0 Å². The second-order valence-corrected chi connectivity index (χ2v) is 7.89. The molecule has 4 N–H and O–H groups in total. The fourth-order valence-electron chi connectivity index (χ4n) is 4.02. The summed E-state index contributed by atoms with van der Waals surface area (Å²) in [4.78, 5) is 10.5. The summed E-state index contributed by atoms with van der Waals surface area (Å²) in [5, 5.41) is 39.8. The molecule has 1 aliphatic carbocycles. The number of carboxylic acids is 1. The Morgan fingerprint density at radius 3 is 2.80 bits per heavy atom. The van der Waals surface area contributed by atoms with Gasteiger partial charge in [0.2, 0.25) is 6.29 Å². The lowest BCUT2D eigenvalue weighted by Gasteiger charge is -2.28. The van der Waals surface area contributed by atoms with Gasteiger partial charge in [-0.3, -0.25) is 4.79 Å². The molecule has 0 saturated heterocycles. The summed E-state index contributed by atoms with van der Waals surface area (Å²) < 4.78 is 11.3. The number of aliphatic carboxylic acids is 1. The maximum absolute atomic E-state index is 10.5. The van der Waals surface area contributed by atoms with E-state index in [0.29, 0.717) is 31.6 Å². The average molecular weight is 418 g/mol. The first kappa shape index (κ1) is 22.5. The minimum Gasteiger partial charge on any atom is -0.481 e. The summed E-state index contributed by atoms with van der Waals surface area (Å²) in [7, 11) is 0. The Balaban J connectivity index is 1.54. The number of unbranched alkanes of at least 4 members (excludes halogenated alkanes) is 1. The number of aliphatic hydroxyl groups is 3. The second-order valence-electron chi connectivity index (χ2n) is 7.89. The molecule has 7 nitrogen and oxygen atoms in total. The fraction of sp³-hybridized carbons (Fsp3) is 0.522. The summed E-state index contributed by atoms with van der Waals surface area (Å²) in [5.74, 6) is -0.596. The standard InChI is InChI=1S/C23H30O7/c24-18(23-29-14-15-7-5-6-9-21(15)30-23)12-11-17-16(19(25)13-20(17)26)8-3-1-2-4-10-22(27)28/h1,3,5-7,9,11-12,16-20,23-26H,2,4,8,10,13-14H2,(H,27,28)/b3-1-,12-11+/t16-,17-,18+,19+,20-,23-/m1/s1. The van der Waals surface area contributed by atoms with Gasteiger partial charge >= 0.3 is 5.97 Å². The average Bonchev–Trinajstić information content (AvgIpc) is 3.00. The Bertz CT molecular complexity index is 760. The largest absolute Gasteiger partial charge is 0.481 e. The first-order valence-corrected chi connectivity index (χ1v) is 10.4. The molecule has 164 valence electrons. The minimum absolute atomic E-state index is 0.133. The van der Waals surface area contributed by atoms with Gasteiger partial charge in [-0.1, -0.05) is 42.5 Å². The van der Waals surface area contributed by atoms with Crippen molar-refractivity contribution in [1.82, 2.24) is 0 Å². The zero-order valence-electron chi connectivity index (χ0n) is 16.8. The third kappa shape index (κ3) is 5.92. The number of hydrogen-bond acceptors (Lipinski definition) is 6. The van der Waals surface area contributed by atoms with Gasteiger partial charge in [0.1, 0.15) is 11.9 Å². The normalized spacial score (nSPS) is 29.8. The van der Waals surface area contributed by atoms with Crippen LogP contribution in [0.5, 0.6) is 5.75 Å². The summed E-state index contributed by atoms with van der Waals surface area (Å²) in [5.41, 5.74) is 0.925. The number of hydrogen-bond donors (Lipinski definition) is 4. The summed E-state index contributed by atoms with van der Waals surface area (Å²) >= 11 is 0. The zero-order chi connectivity index (χ0) is 21.5. The van der Waals surface area contributed by atoms with E-state index in [2.05, 4.69) is 0 Å². The molecule has 6 atom stereocenters. The third-order valence-electron chi connectivity index (χ3n) is 5.68. The first-order valence-electron chi connectivity index (χ1n) is 10.4. The number of carbonyl (C=O) groups is 1. The van der Waals surface area contributed by atoms with Crippen LogP contribution in [0.2, 0.25) is 0 Å². The molecule has 30 heavy (non-hydrogen) atoms. The molecule has 7 heteroatoms. The van der Waals surface area contributed by atoms with Gasteiger partial charge in [-0.2, -0.15) is 0 Å². The topological polar surface area (TPSA) is 116 Å². The van der Waals surface area contributed by atoms with Crippen LogP contribution >= 0.6 is 0 Å². The maximum Gasteiger partial charge on any atom is 0.303 e. The van der Waals surface area contributed by atoms with Crippen LogP contribution in [0.3, 0.4) is 0 Å². The lowest BCUT2D eigenvalue weighted by molar-refractivity contribution is -0.152. The minimum atomic E-state index is -1.00. The lowest BCUT2D eigenvalue weighted by atomic mass is 9.89. The van der Waals surface area contributed by atoms with Crippen LogP contribution in [0.1, 0.15) is 37.7 Å². The first-order chi connectivity index (χ1) is 14.5. The van der Waals surface area contributed by atoms with E-state index in [1.54, 1.807) is 12.2 Å². The molecule has 0 amide bonds. The van der Waals surface area contributed by atoms with E-state index in [4.69, 9.17) is 14.6 Å². The molecule has 0 radical (unpaired) electrons. The Morgan fingerprint density at radius 2 is 2.00 bits per heavy atom. The van der Waals surface area contributed by atoms with Crippen LogP contribution in [-0.4, -0.2) is 51.0 Å². The molecule has 2 aliphatic rings. The van der Waals surface area contributed by atoms with Crippen molar-refractivity contribution in [3.05, 3.63) is 54.1 Å². The highest BCUT2D eigenvalue weighted by Gasteiger charge is 2.39. The summed E-state index contributed by atoms with van der Waals surface area (Å²) in [6, 6.07) is 7.50. The number of fused-ring (bicyclic) bond motifs is 1. The number of rotatable bonds is 9. The fourth-order valence-corrected chi connectivity index (χ4v) is 4.02. The number of benzene rings is 1. The lowest BCUT2D eigenvalue weighted by Crippen LogP contribution is -2.36. The van der Waals surface area contributed by atoms with Gasteiger partial charge in [0.05, 0.1) is 18.8 Å². The molecule has 1 fully saturated rings. The number of aliphatic hydroxyl groups excluding tert-OH is 3. The molecule has 1 aromatic rings. The van der Waals surface area contributed by atoms with E-state index in [9.17, 15) is 20.1 Å². The molecule has 1 aliphatic heterocycles. The van der Waals surface area contributed by atoms with Crippen molar-refractivity contribution in [1.29, 1.82) is 0 Å². The summed E-state index contributed by atoms with van der Waals surface area (Å²) in [6.07, 6.45) is 6.20. The van der Waals surface area contributed by atoms with Crippen molar-refractivity contribution in [2.24, 2.45) is 11.8 Å². The highest BCUT2D eigenvalue weighted by Crippen LogP contribution is 2.36. The Hall–Kier alpha value is -2.19. The predicted octanol–water partition coefficient (Wildman–Crippen LogP) is 2.40. The number of carboxylic acid groups (broad SMARTS) is 1. The van der Waals surface area contributed by atoms with Crippen LogP contribution < -0.4 is 4.74 Å². The van der Waals surface area contributed by atoms with E-state index in [1.807, 2.05) is 36.4 Å². The van der Waals surface area contributed by atoms with E-state index in [0.717, 1.165) is 5.56 Å². The Labute approximate surface area is 176 Å². The Kier molecular flexibility index (Phi) is 8.04. The van der Waals surface area contributed by atoms with Gasteiger partial charge in [-0.05, 0) is 31.2 Å². The second kappa shape index (κ2) is 10.7. The predicted molar refractivity (Wildman–Crippen MR) is 110 cm³/mol. The quantitative estimate of drug-likeness (QED) is 0.359. The van der Waals surface area contributed by atoms with Crippen LogP contribution in [0, 0.1) is 11.8 Å². The molecule has 0 spiro atoms. The number of allylic oxidation sites excluding steroid dienone is 2. The SMILES string of the molecule is O=C(O)CCC/C=C\C[C@@H]1[C@@H](/C=C/[C@H](O)[C@@H]2OCc3ccccc3O2)[C@H](O)C[C@@H]1O. The molecule has 1 saturated carbocycles. The monoisotopic (exact) mass is 418 g/mol. The van der Waals surface area contributed by atoms with Gasteiger partial charge in [-0.25, -0.2) is 0 Å². The van der Waals surface area contributed by atoms with E-state index >= 15 is 0 Å². The van der Waals surface area contributed by atoms with E-state index in [1.165, 1.54) is 0 Å². The molecule has 0 unspecified atom stereocenters. The van der Waals surface area contributed by atoms with Crippen molar-refractivity contribution in [3.8, 4) is 5.75 Å². The van der Waals surface area contributed by atoms with Crippen LogP contribution in [0.15, 0.2) is 48.6 Å². The smallest absolute Gasteiger partial charge is 0.303 e. The zero-order valence-corrected chi connectivity index (χ0v) is 16.8. The molecule has 1 heterocycles. The number of para-hydroxylation sites is 1. The van der Waals surface area contributed by atoms with Gasteiger partial charge in [0.15, 0.2) is 0 Å². The van der Waals surface area contributed by atoms with Crippen molar-refractivity contribution < 1.29 is 34.7 Å². The van der Waals surface area contributed by atoms with Crippen LogP contribution in [0.4, 0.5) is 0 Å². The van der Waals surface area contributed by atoms with Gasteiger partial charge < -0.3 is 29.9 Å².